The molecule has 0 N–H and O–H groups in total. The van der Waals surface area contributed by atoms with Crippen molar-refractivity contribution < 1.29 is 13.2 Å². The van der Waals surface area contributed by atoms with Crippen LogP contribution in [0.5, 0.6) is 0 Å². The van der Waals surface area contributed by atoms with Gasteiger partial charge in [0.05, 0.1) is 0 Å². The van der Waals surface area contributed by atoms with Crippen LogP contribution >= 0.6 is 22.9 Å². The van der Waals surface area contributed by atoms with Crippen molar-refractivity contribution in [2.45, 2.75) is 44.3 Å². The summed E-state index contributed by atoms with van der Waals surface area (Å²) in [5.41, 5.74) is 0. The van der Waals surface area contributed by atoms with Crippen molar-refractivity contribution >= 4 is 28.1 Å². The van der Waals surface area contributed by atoms with Crippen molar-refractivity contribution in [2.24, 2.45) is 0 Å². The van der Waals surface area contributed by atoms with Gasteiger partial charge in [-0.05, 0) is 12.8 Å². The van der Waals surface area contributed by atoms with E-state index in [-0.39, 0.29) is 6.04 Å². The molecule has 0 bridgehead atoms. The maximum atomic E-state index is 12.6. The predicted molar refractivity (Wildman–Crippen MR) is 69.9 cm³/mol. The quantitative estimate of drug-likeness (QED) is 0.789. The maximum Gasteiger partial charge on any atom is 0.445 e. The minimum atomic E-state index is -4.42. The second kappa shape index (κ2) is 6.26. The lowest BCUT2D eigenvalue weighted by Crippen LogP contribution is -2.38. The Labute approximate surface area is 118 Å². The molecule has 1 aliphatic carbocycles. The Morgan fingerprint density at radius 2 is 1.89 bits per heavy atom. The summed E-state index contributed by atoms with van der Waals surface area (Å²) in [4.78, 5) is 1.89. The third-order valence-corrected chi connectivity index (χ3v) is 4.42. The third-order valence-electron chi connectivity index (χ3n) is 3.24. The van der Waals surface area contributed by atoms with Gasteiger partial charge < -0.3 is 4.90 Å². The number of anilines is 1. The molecule has 0 atom stereocenters. The van der Waals surface area contributed by atoms with E-state index in [4.69, 9.17) is 11.6 Å². The lowest BCUT2D eigenvalue weighted by molar-refractivity contribution is -0.138. The van der Waals surface area contributed by atoms with Gasteiger partial charge in [0.2, 0.25) is 10.1 Å². The molecule has 1 aromatic heterocycles. The summed E-state index contributed by atoms with van der Waals surface area (Å²) in [6.07, 6.45) is 0.947. The number of aromatic nitrogens is 2. The van der Waals surface area contributed by atoms with Crippen LogP contribution in [0.15, 0.2) is 0 Å². The van der Waals surface area contributed by atoms with Gasteiger partial charge in [-0.3, -0.25) is 0 Å². The van der Waals surface area contributed by atoms with Gasteiger partial charge in [-0.2, -0.15) is 13.2 Å². The molecule has 0 unspecified atom stereocenters. The lowest BCUT2D eigenvalue weighted by atomic mass is 9.94. The normalized spacial score (nSPS) is 17.7. The fourth-order valence-electron chi connectivity index (χ4n) is 2.36. The average molecular weight is 314 g/mol. The maximum absolute atomic E-state index is 12.6. The molecule has 108 valence electrons. The highest BCUT2D eigenvalue weighted by Gasteiger charge is 2.36. The van der Waals surface area contributed by atoms with Crippen LogP contribution in [0.3, 0.4) is 0 Å². The number of halogens is 4. The summed E-state index contributed by atoms with van der Waals surface area (Å²) in [7, 11) is 0. The lowest BCUT2D eigenvalue weighted by Gasteiger charge is -2.33. The van der Waals surface area contributed by atoms with Crippen LogP contribution < -0.4 is 4.90 Å². The summed E-state index contributed by atoms with van der Waals surface area (Å²) in [5.74, 6) is 0.372. The first-order chi connectivity index (χ1) is 9.02. The molecule has 0 aromatic carbocycles. The average Bonchev–Trinajstić information content (AvgIpc) is 2.86. The molecule has 19 heavy (non-hydrogen) atoms. The van der Waals surface area contributed by atoms with E-state index < -0.39 is 11.2 Å². The van der Waals surface area contributed by atoms with Crippen LogP contribution in [0, 0.1) is 0 Å². The van der Waals surface area contributed by atoms with Crippen molar-refractivity contribution in [3.63, 3.8) is 0 Å². The number of rotatable bonds is 4. The summed E-state index contributed by atoms with van der Waals surface area (Å²) in [6.45, 7) is 0.513. The minimum absolute atomic E-state index is 0.238. The van der Waals surface area contributed by atoms with Gasteiger partial charge in [0.15, 0.2) is 0 Å². The van der Waals surface area contributed by atoms with Crippen molar-refractivity contribution in [3.8, 4) is 0 Å². The van der Waals surface area contributed by atoms with Gasteiger partial charge in [-0.15, -0.1) is 21.8 Å². The van der Waals surface area contributed by atoms with E-state index in [0.717, 1.165) is 25.7 Å². The van der Waals surface area contributed by atoms with E-state index in [2.05, 4.69) is 10.2 Å². The van der Waals surface area contributed by atoms with E-state index >= 15 is 0 Å². The molecule has 2 rings (SSSR count). The van der Waals surface area contributed by atoms with Crippen molar-refractivity contribution in [3.05, 3.63) is 5.01 Å². The molecular formula is C11H15ClF3N3S. The molecule has 1 aliphatic rings. The van der Waals surface area contributed by atoms with Crippen LogP contribution in [0.25, 0.3) is 0 Å². The third kappa shape index (κ3) is 3.72. The van der Waals surface area contributed by atoms with Gasteiger partial charge >= 0.3 is 6.18 Å². The summed E-state index contributed by atoms with van der Waals surface area (Å²) in [5, 5.41) is 6.38. The van der Waals surface area contributed by atoms with Crippen LogP contribution in [0.1, 0.15) is 37.1 Å². The first-order valence-electron chi connectivity index (χ1n) is 6.25. The summed E-state index contributed by atoms with van der Waals surface area (Å²) in [6, 6.07) is 0.238. The first-order valence-corrected chi connectivity index (χ1v) is 7.61. The highest BCUT2D eigenvalue weighted by Crippen LogP contribution is 2.36. The van der Waals surface area contributed by atoms with E-state index in [1.807, 2.05) is 4.90 Å². The fourth-order valence-corrected chi connectivity index (χ4v) is 3.36. The molecule has 1 aromatic rings. The zero-order valence-electron chi connectivity index (χ0n) is 10.3. The Hall–Kier alpha value is -0.560. The minimum Gasteiger partial charge on any atom is -0.342 e. The smallest absolute Gasteiger partial charge is 0.342 e. The van der Waals surface area contributed by atoms with Crippen LogP contribution in [-0.4, -0.2) is 28.7 Å². The van der Waals surface area contributed by atoms with Gasteiger partial charge in [0.25, 0.3) is 0 Å². The number of nitrogens with zero attached hydrogens (tertiary/aromatic N) is 3. The Morgan fingerprint density at radius 3 is 2.42 bits per heavy atom. The van der Waals surface area contributed by atoms with E-state index in [9.17, 15) is 13.2 Å². The molecule has 1 heterocycles. The van der Waals surface area contributed by atoms with E-state index in [0.29, 0.717) is 28.9 Å². The van der Waals surface area contributed by atoms with Crippen LogP contribution in [0.4, 0.5) is 18.3 Å². The van der Waals surface area contributed by atoms with Crippen molar-refractivity contribution in [2.75, 3.05) is 17.3 Å². The van der Waals surface area contributed by atoms with E-state index in [1.54, 1.807) is 0 Å². The fraction of sp³-hybridized carbons (Fsp3) is 0.818. The molecule has 1 saturated carbocycles. The number of hydrogen-bond donors (Lipinski definition) is 0. The van der Waals surface area contributed by atoms with Gasteiger partial charge in [-0.1, -0.05) is 30.6 Å². The van der Waals surface area contributed by atoms with Crippen molar-refractivity contribution in [1.29, 1.82) is 0 Å². The highest BCUT2D eigenvalue weighted by molar-refractivity contribution is 7.15. The second-order valence-corrected chi connectivity index (χ2v) is 5.90. The Kier molecular flexibility index (Phi) is 4.89. The Balaban J connectivity index is 2.16. The monoisotopic (exact) mass is 313 g/mol. The zero-order valence-corrected chi connectivity index (χ0v) is 11.9. The van der Waals surface area contributed by atoms with Crippen LogP contribution in [0.2, 0.25) is 0 Å². The highest BCUT2D eigenvalue weighted by atomic mass is 35.5. The Bertz CT molecular complexity index is 404. The van der Waals surface area contributed by atoms with Gasteiger partial charge in [0, 0.05) is 18.5 Å². The molecule has 0 aliphatic heterocycles. The molecule has 0 amide bonds. The van der Waals surface area contributed by atoms with Crippen LogP contribution in [-0.2, 0) is 6.18 Å². The largest absolute Gasteiger partial charge is 0.445 e. The predicted octanol–water partition coefficient (Wildman–Crippen LogP) is 3.93. The molecule has 0 spiro atoms. The number of hydrogen-bond acceptors (Lipinski definition) is 4. The second-order valence-electron chi connectivity index (χ2n) is 4.56. The SMILES string of the molecule is FC(F)(F)c1nnc(N(CCCl)C2CCCCC2)s1. The molecule has 3 nitrogen and oxygen atoms in total. The Morgan fingerprint density at radius 1 is 1.21 bits per heavy atom. The first kappa shape index (κ1) is 14.8. The molecule has 1 fully saturated rings. The molecule has 0 radical (unpaired) electrons. The number of alkyl halides is 4. The van der Waals surface area contributed by atoms with Gasteiger partial charge in [-0.25, -0.2) is 0 Å². The van der Waals surface area contributed by atoms with E-state index in [1.165, 1.54) is 6.42 Å². The summed E-state index contributed by atoms with van der Waals surface area (Å²) >= 11 is 6.36. The zero-order chi connectivity index (χ0) is 13.9. The molecule has 0 saturated heterocycles. The van der Waals surface area contributed by atoms with Gasteiger partial charge in [0.1, 0.15) is 0 Å². The molecular weight excluding hydrogens is 299 g/mol. The topological polar surface area (TPSA) is 29.0 Å². The van der Waals surface area contributed by atoms with Crippen molar-refractivity contribution in [1.82, 2.24) is 10.2 Å². The standard InChI is InChI=1S/C11H15ClF3N3S/c12-6-7-18(8-4-2-1-3-5-8)10-17-16-9(19-10)11(13,14)15/h8H,1-7H2. The molecule has 8 heteroatoms. The summed E-state index contributed by atoms with van der Waals surface area (Å²) < 4.78 is 37.7.